The number of hydrogen-bond donors (Lipinski definition) is 0. The Labute approximate surface area is 133 Å². The molecule has 0 unspecified atom stereocenters. The molecule has 128 valence electrons. The van der Waals surface area contributed by atoms with Gasteiger partial charge in [-0.1, -0.05) is 0 Å². The second-order valence-electron chi connectivity index (χ2n) is 5.06. The fraction of sp³-hybridized carbons (Fsp3) is 1.00. The van der Waals surface area contributed by atoms with Crippen molar-refractivity contribution < 1.29 is 25.9 Å². The minimum Gasteiger partial charge on any atom is -0.394 e. The van der Waals surface area contributed by atoms with E-state index in [1.165, 1.54) is 0 Å². The molecule has 9 heteroatoms. The summed E-state index contributed by atoms with van der Waals surface area (Å²) in [6.07, 6.45) is 0. The van der Waals surface area contributed by atoms with Gasteiger partial charge in [-0.25, -0.2) is 0 Å². The fourth-order valence-electron chi connectivity index (χ4n) is 2.16. The van der Waals surface area contributed by atoms with Crippen molar-refractivity contribution in [1.29, 1.82) is 0 Å². The molecule has 0 spiro atoms. The van der Waals surface area contributed by atoms with E-state index in [0.717, 1.165) is 0 Å². The summed E-state index contributed by atoms with van der Waals surface area (Å²) in [5.41, 5.74) is 0. The lowest BCUT2D eigenvalue weighted by Gasteiger charge is -2.38. The molecule has 0 atom stereocenters. The van der Waals surface area contributed by atoms with E-state index in [-0.39, 0.29) is 0 Å². The van der Waals surface area contributed by atoms with Crippen LogP contribution in [0.5, 0.6) is 0 Å². The number of rotatable bonds is 12. The van der Waals surface area contributed by atoms with E-state index in [2.05, 4.69) is 0 Å². The third-order valence-corrected chi connectivity index (χ3v) is 12.6. The summed E-state index contributed by atoms with van der Waals surface area (Å²) in [6.45, 7) is 17.7. The Morgan fingerprint density at radius 2 is 0.762 bits per heavy atom. The first-order valence-electron chi connectivity index (χ1n) is 7.62. The minimum atomic E-state index is -2.68. The van der Waals surface area contributed by atoms with Crippen LogP contribution >= 0.6 is 0 Å². The molecule has 0 aliphatic rings. The maximum atomic E-state index is 6.18. The minimum absolute atomic E-state index is 0.554. The van der Waals surface area contributed by atoms with Gasteiger partial charge in [0.25, 0.3) is 0 Å². The molecule has 0 amide bonds. The lowest BCUT2D eigenvalue weighted by atomic mass is 10.9. The summed E-state index contributed by atoms with van der Waals surface area (Å²) in [6, 6.07) is 0. The first kappa shape index (κ1) is 21.4. The standard InChI is InChI=1S/C12H32O6Si3/c1-9-13-20(7,14-10-2)17-19(5,6)18-21(8,15-11-3)16-12-4/h9-12H2,1-8H3. The van der Waals surface area contributed by atoms with Crippen LogP contribution in [-0.2, 0) is 25.9 Å². The fourth-order valence-corrected chi connectivity index (χ4v) is 13.1. The molecular weight excluding hydrogens is 324 g/mol. The molecule has 0 radical (unpaired) electrons. The lowest BCUT2D eigenvalue weighted by molar-refractivity contribution is 0.0880. The Morgan fingerprint density at radius 3 is 0.952 bits per heavy atom. The van der Waals surface area contributed by atoms with Crippen molar-refractivity contribution in [3.63, 3.8) is 0 Å². The summed E-state index contributed by atoms with van der Waals surface area (Å²) in [7, 11) is -7.86. The van der Waals surface area contributed by atoms with Gasteiger partial charge in [0.1, 0.15) is 0 Å². The highest BCUT2D eigenvalue weighted by molar-refractivity contribution is 6.82. The van der Waals surface area contributed by atoms with Crippen LogP contribution in [0.25, 0.3) is 0 Å². The summed E-state index contributed by atoms with van der Waals surface area (Å²) < 4.78 is 35.3. The molecule has 0 saturated heterocycles. The smallest absolute Gasteiger partial charge is 0.394 e. The van der Waals surface area contributed by atoms with E-state index in [9.17, 15) is 0 Å². The molecule has 0 heterocycles. The molecule has 0 saturated carbocycles. The van der Waals surface area contributed by atoms with Gasteiger partial charge in [0.05, 0.1) is 0 Å². The predicted octanol–water partition coefficient (Wildman–Crippen LogP) is 3.00. The van der Waals surface area contributed by atoms with Gasteiger partial charge in [-0.05, 0) is 40.8 Å². The Kier molecular flexibility index (Phi) is 9.71. The van der Waals surface area contributed by atoms with Crippen molar-refractivity contribution in [3.05, 3.63) is 0 Å². The van der Waals surface area contributed by atoms with Crippen molar-refractivity contribution in [1.82, 2.24) is 0 Å². The molecule has 0 bridgehead atoms. The van der Waals surface area contributed by atoms with E-state index in [4.69, 9.17) is 25.9 Å². The molecule has 0 fully saturated rings. The first-order chi connectivity index (χ1) is 9.66. The normalized spacial score (nSPS) is 13.7. The lowest BCUT2D eigenvalue weighted by Crippen LogP contribution is -2.58. The average Bonchev–Trinajstić information content (AvgIpc) is 2.27. The van der Waals surface area contributed by atoms with Crippen LogP contribution in [0, 0.1) is 0 Å². The molecule has 0 aromatic rings. The van der Waals surface area contributed by atoms with Crippen LogP contribution in [-0.4, -0.2) is 52.6 Å². The Hall–Kier alpha value is 0.411. The van der Waals surface area contributed by atoms with Gasteiger partial charge >= 0.3 is 26.2 Å². The molecule has 0 aliphatic heterocycles. The van der Waals surface area contributed by atoms with Crippen molar-refractivity contribution in [2.75, 3.05) is 26.4 Å². The molecule has 0 N–H and O–H groups in total. The third-order valence-electron chi connectivity index (χ3n) is 2.49. The average molecular weight is 357 g/mol. The summed E-state index contributed by atoms with van der Waals surface area (Å²) in [4.78, 5) is 0. The van der Waals surface area contributed by atoms with Gasteiger partial charge in [-0.2, -0.15) is 0 Å². The van der Waals surface area contributed by atoms with Gasteiger partial charge in [-0.3, -0.25) is 0 Å². The van der Waals surface area contributed by atoms with Gasteiger partial charge in [0, 0.05) is 39.5 Å². The van der Waals surface area contributed by atoms with Gasteiger partial charge in [-0.15, -0.1) is 0 Å². The third kappa shape index (κ3) is 8.57. The molecule has 0 aromatic carbocycles. The summed E-state index contributed by atoms with van der Waals surface area (Å²) in [5, 5.41) is 0. The van der Waals surface area contributed by atoms with Gasteiger partial charge in [0.2, 0.25) is 0 Å². The van der Waals surface area contributed by atoms with Gasteiger partial charge < -0.3 is 25.9 Å². The molecule has 6 nitrogen and oxygen atoms in total. The van der Waals surface area contributed by atoms with Crippen molar-refractivity contribution in [2.24, 2.45) is 0 Å². The maximum absolute atomic E-state index is 6.18. The van der Waals surface area contributed by atoms with Crippen molar-refractivity contribution >= 4 is 26.2 Å². The molecule has 21 heavy (non-hydrogen) atoms. The van der Waals surface area contributed by atoms with Crippen LogP contribution < -0.4 is 0 Å². The SMILES string of the molecule is CCO[Si](C)(OCC)O[Si](C)(C)O[Si](C)(OCC)OCC. The Bertz CT molecular complexity index is 252. The summed E-state index contributed by atoms with van der Waals surface area (Å²) >= 11 is 0. The van der Waals surface area contributed by atoms with Crippen LogP contribution in [0.3, 0.4) is 0 Å². The second kappa shape index (κ2) is 9.53. The Balaban J connectivity index is 4.91. The highest BCUT2D eigenvalue weighted by Crippen LogP contribution is 2.23. The zero-order valence-corrected chi connectivity index (χ0v) is 17.8. The zero-order chi connectivity index (χ0) is 16.6. The Morgan fingerprint density at radius 1 is 0.524 bits per heavy atom. The number of hydrogen-bond acceptors (Lipinski definition) is 6. The first-order valence-corrected chi connectivity index (χ1v) is 14.9. The highest BCUT2D eigenvalue weighted by Gasteiger charge is 2.48. The maximum Gasteiger partial charge on any atom is 0.488 e. The van der Waals surface area contributed by atoms with E-state index < -0.39 is 26.2 Å². The second-order valence-corrected chi connectivity index (χ2v) is 14.1. The van der Waals surface area contributed by atoms with E-state index >= 15 is 0 Å². The van der Waals surface area contributed by atoms with Gasteiger partial charge in [0.15, 0.2) is 0 Å². The quantitative estimate of drug-likeness (QED) is 0.501. The van der Waals surface area contributed by atoms with Crippen LogP contribution in [0.1, 0.15) is 27.7 Å². The molecule has 0 aromatic heterocycles. The van der Waals surface area contributed by atoms with Crippen LogP contribution in [0.2, 0.25) is 26.2 Å². The predicted molar refractivity (Wildman–Crippen MR) is 89.4 cm³/mol. The van der Waals surface area contributed by atoms with E-state index in [1.54, 1.807) is 0 Å². The zero-order valence-electron chi connectivity index (χ0n) is 14.8. The monoisotopic (exact) mass is 356 g/mol. The topological polar surface area (TPSA) is 55.4 Å². The highest BCUT2D eigenvalue weighted by atomic mass is 28.5. The molecular formula is C12H32O6Si3. The van der Waals surface area contributed by atoms with E-state index in [1.807, 2.05) is 53.9 Å². The van der Waals surface area contributed by atoms with Crippen LogP contribution in [0.4, 0.5) is 0 Å². The summed E-state index contributed by atoms with van der Waals surface area (Å²) in [5.74, 6) is 0. The van der Waals surface area contributed by atoms with E-state index in [0.29, 0.717) is 26.4 Å². The van der Waals surface area contributed by atoms with Crippen LogP contribution in [0.15, 0.2) is 0 Å². The molecule has 0 rings (SSSR count). The van der Waals surface area contributed by atoms with Crippen molar-refractivity contribution in [2.45, 2.75) is 53.9 Å². The van der Waals surface area contributed by atoms with Crippen molar-refractivity contribution in [3.8, 4) is 0 Å². The largest absolute Gasteiger partial charge is 0.488 e. The molecule has 0 aliphatic carbocycles.